The standard InChI is InChI=1S/C25H28N6O2/c1-17-20-10-11-22(32)31(14-12-18-7-4-3-5-8-18)24(20)28-23(27-17)21-9-6-13-30(21)25(33)19-15-26-29(2)16-19/h3-5,7-8,15-16,21H,6,9-14H2,1-2H3. The molecule has 2 aliphatic heterocycles. The SMILES string of the molecule is Cc1nc(C2CCCN2C(=O)c2cnn(C)c2)nc2c1CCC(=O)N2CCc1ccccc1. The van der Waals surface area contributed by atoms with Gasteiger partial charge < -0.3 is 4.90 Å². The van der Waals surface area contributed by atoms with Crippen LogP contribution in [0.2, 0.25) is 0 Å². The molecule has 2 amide bonds. The highest BCUT2D eigenvalue weighted by atomic mass is 16.2. The van der Waals surface area contributed by atoms with Gasteiger partial charge in [0.25, 0.3) is 5.91 Å². The van der Waals surface area contributed by atoms with Crippen molar-refractivity contribution in [1.29, 1.82) is 0 Å². The molecule has 5 rings (SSSR count). The molecule has 0 saturated carbocycles. The van der Waals surface area contributed by atoms with Gasteiger partial charge in [-0.25, -0.2) is 9.97 Å². The van der Waals surface area contributed by atoms with Gasteiger partial charge in [-0.3, -0.25) is 19.2 Å². The minimum Gasteiger partial charge on any atom is -0.328 e. The van der Waals surface area contributed by atoms with Crippen LogP contribution in [0.5, 0.6) is 0 Å². The highest BCUT2D eigenvalue weighted by Gasteiger charge is 2.35. The fourth-order valence-corrected chi connectivity index (χ4v) is 4.84. The summed E-state index contributed by atoms with van der Waals surface area (Å²) in [6.45, 7) is 3.22. The van der Waals surface area contributed by atoms with E-state index in [1.807, 2.05) is 34.9 Å². The van der Waals surface area contributed by atoms with Crippen LogP contribution in [-0.2, 0) is 24.7 Å². The highest BCUT2D eigenvalue weighted by molar-refractivity contribution is 5.96. The van der Waals surface area contributed by atoms with Gasteiger partial charge >= 0.3 is 0 Å². The molecule has 33 heavy (non-hydrogen) atoms. The van der Waals surface area contributed by atoms with E-state index in [0.29, 0.717) is 43.1 Å². The van der Waals surface area contributed by atoms with E-state index in [4.69, 9.17) is 9.97 Å². The Hall–Kier alpha value is -3.55. The van der Waals surface area contributed by atoms with Crippen molar-refractivity contribution in [2.24, 2.45) is 7.05 Å². The van der Waals surface area contributed by atoms with Crippen LogP contribution in [-0.4, -0.2) is 49.6 Å². The lowest BCUT2D eigenvalue weighted by atomic mass is 10.0. The van der Waals surface area contributed by atoms with Gasteiger partial charge in [-0.2, -0.15) is 5.10 Å². The van der Waals surface area contributed by atoms with E-state index < -0.39 is 0 Å². The maximum Gasteiger partial charge on any atom is 0.257 e. The van der Waals surface area contributed by atoms with Crippen LogP contribution < -0.4 is 4.90 Å². The van der Waals surface area contributed by atoms with Gasteiger partial charge in [0.05, 0.1) is 17.8 Å². The van der Waals surface area contributed by atoms with Crippen LogP contribution in [0.15, 0.2) is 42.7 Å². The number of nitrogens with zero attached hydrogens (tertiary/aromatic N) is 6. The molecule has 0 radical (unpaired) electrons. The molecule has 2 aliphatic rings. The smallest absolute Gasteiger partial charge is 0.257 e. The van der Waals surface area contributed by atoms with Crippen LogP contribution in [0.3, 0.4) is 0 Å². The Balaban J connectivity index is 1.45. The molecule has 1 saturated heterocycles. The summed E-state index contributed by atoms with van der Waals surface area (Å²) in [5.41, 5.74) is 3.69. The first kappa shape index (κ1) is 21.3. The maximum atomic E-state index is 13.1. The number of fused-ring (bicyclic) bond motifs is 1. The lowest BCUT2D eigenvalue weighted by molar-refractivity contribution is -0.118. The van der Waals surface area contributed by atoms with Crippen LogP contribution >= 0.6 is 0 Å². The van der Waals surface area contributed by atoms with E-state index >= 15 is 0 Å². The van der Waals surface area contributed by atoms with Crippen molar-refractivity contribution >= 4 is 17.6 Å². The van der Waals surface area contributed by atoms with Crippen LogP contribution in [0.1, 0.15) is 58.3 Å². The van der Waals surface area contributed by atoms with E-state index in [2.05, 4.69) is 17.2 Å². The number of hydrogen-bond donors (Lipinski definition) is 0. The number of benzene rings is 1. The quantitative estimate of drug-likeness (QED) is 0.604. The molecular weight excluding hydrogens is 416 g/mol. The number of amides is 2. The van der Waals surface area contributed by atoms with Crippen molar-refractivity contribution in [3.05, 3.63) is 70.9 Å². The van der Waals surface area contributed by atoms with Gasteiger partial charge in [-0.15, -0.1) is 0 Å². The van der Waals surface area contributed by atoms with Gasteiger partial charge in [0, 0.05) is 44.0 Å². The summed E-state index contributed by atoms with van der Waals surface area (Å²) in [7, 11) is 1.80. The molecule has 170 valence electrons. The van der Waals surface area contributed by atoms with E-state index in [1.165, 1.54) is 5.56 Å². The molecule has 1 unspecified atom stereocenters. The number of rotatable bonds is 5. The number of aryl methyl sites for hydroxylation is 2. The minimum absolute atomic E-state index is 0.0541. The number of likely N-dealkylation sites (tertiary alicyclic amines) is 1. The third-order valence-corrected chi connectivity index (χ3v) is 6.59. The molecule has 0 N–H and O–H groups in total. The van der Waals surface area contributed by atoms with Crippen molar-refractivity contribution in [1.82, 2.24) is 24.6 Å². The third-order valence-electron chi connectivity index (χ3n) is 6.59. The van der Waals surface area contributed by atoms with E-state index in [0.717, 1.165) is 30.5 Å². The predicted molar refractivity (Wildman–Crippen MR) is 124 cm³/mol. The molecule has 8 heteroatoms. The third kappa shape index (κ3) is 4.13. The fourth-order valence-electron chi connectivity index (χ4n) is 4.84. The van der Waals surface area contributed by atoms with Gasteiger partial charge in [0.1, 0.15) is 5.82 Å². The largest absolute Gasteiger partial charge is 0.328 e. The molecule has 0 aliphatic carbocycles. The average Bonchev–Trinajstić information content (AvgIpc) is 3.48. The lowest BCUT2D eigenvalue weighted by Crippen LogP contribution is -2.39. The monoisotopic (exact) mass is 444 g/mol. The van der Waals surface area contributed by atoms with Crippen molar-refractivity contribution in [2.75, 3.05) is 18.0 Å². The molecule has 0 spiro atoms. The normalized spacial score (nSPS) is 18.0. The second-order valence-corrected chi connectivity index (χ2v) is 8.81. The second kappa shape index (κ2) is 8.77. The first-order chi connectivity index (χ1) is 16.0. The number of aromatic nitrogens is 4. The molecule has 4 heterocycles. The fraction of sp³-hybridized carbons (Fsp3) is 0.400. The van der Waals surface area contributed by atoms with Crippen LogP contribution in [0.4, 0.5) is 5.82 Å². The molecule has 2 aromatic heterocycles. The zero-order chi connectivity index (χ0) is 22.9. The van der Waals surface area contributed by atoms with Gasteiger partial charge in [-0.1, -0.05) is 30.3 Å². The Morgan fingerprint density at radius 2 is 1.97 bits per heavy atom. The first-order valence-electron chi connectivity index (χ1n) is 11.5. The Kier molecular flexibility index (Phi) is 5.66. The van der Waals surface area contributed by atoms with Crippen molar-refractivity contribution < 1.29 is 9.59 Å². The lowest BCUT2D eigenvalue weighted by Gasteiger charge is -2.31. The van der Waals surface area contributed by atoms with Crippen LogP contribution in [0, 0.1) is 6.92 Å². The summed E-state index contributed by atoms with van der Waals surface area (Å²) in [6.07, 6.45) is 6.93. The number of carbonyl (C=O) groups is 2. The molecule has 0 bridgehead atoms. The minimum atomic E-state index is -0.199. The molecule has 1 fully saturated rings. The number of carbonyl (C=O) groups excluding carboxylic acids is 2. The van der Waals surface area contributed by atoms with Crippen molar-refractivity contribution in [2.45, 2.75) is 45.1 Å². The second-order valence-electron chi connectivity index (χ2n) is 8.81. The topological polar surface area (TPSA) is 84.2 Å². The Morgan fingerprint density at radius 3 is 2.73 bits per heavy atom. The molecular formula is C25H28N6O2. The zero-order valence-corrected chi connectivity index (χ0v) is 19.1. The summed E-state index contributed by atoms with van der Waals surface area (Å²) in [5, 5.41) is 4.14. The van der Waals surface area contributed by atoms with Crippen molar-refractivity contribution in [3.63, 3.8) is 0 Å². The Bertz CT molecular complexity index is 1190. The Morgan fingerprint density at radius 1 is 1.15 bits per heavy atom. The van der Waals surface area contributed by atoms with E-state index in [9.17, 15) is 9.59 Å². The summed E-state index contributed by atoms with van der Waals surface area (Å²) in [4.78, 5) is 39.4. The average molecular weight is 445 g/mol. The molecule has 1 atom stereocenters. The zero-order valence-electron chi connectivity index (χ0n) is 19.1. The summed E-state index contributed by atoms with van der Waals surface area (Å²) in [6, 6.07) is 9.97. The van der Waals surface area contributed by atoms with Gasteiger partial charge in [0.2, 0.25) is 5.91 Å². The summed E-state index contributed by atoms with van der Waals surface area (Å²) < 4.78 is 1.63. The first-order valence-corrected chi connectivity index (χ1v) is 11.5. The van der Waals surface area contributed by atoms with Gasteiger partial charge in [0.15, 0.2) is 5.82 Å². The van der Waals surface area contributed by atoms with E-state index in [1.54, 1.807) is 24.1 Å². The number of hydrogen-bond acceptors (Lipinski definition) is 5. The van der Waals surface area contributed by atoms with Gasteiger partial charge in [-0.05, 0) is 38.2 Å². The van der Waals surface area contributed by atoms with Crippen molar-refractivity contribution in [3.8, 4) is 0 Å². The summed E-state index contributed by atoms with van der Waals surface area (Å²) >= 11 is 0. The Labute approximate surface area is 193 Å². The molecule has 1 aromatic carbocycles. The predicted octanol–water partition coefficient (Wildman–Crippen LogP) is 3.02. The number of anilines is 1. The molecule has 3 aromatic rings. The molecule has 8 nitrogen and oxygen atoms in total. The van der Waals surface area contributed by atoms with Crippen LogP contribution in [0.25, 0.3) is 0 Å². The van der Waals surface area contributed by atoms with E-state index in [-0.39, 0.29) is 17.9 Å². The highest BCUT2D eigenvalue weighted by Crippen LogP contribution is 2.35. The summed E-state index contributed by atoms with van der Waals surface area (Å²) in [5.74, 6) is 1.38. The maximum absolute atomic E-state index is 13.1.